The van der Waals surface area contributed by atoms with Gasteiger partial charge in [-0.05, 0) is 43.5 Å². The van der Waals surface area contributed by atoms with Crippen molar-refractivity contribution in [3.8, 4) is 11.3 Å². The number of nitrogens with zero attached hydrogens (tertiary/aromatic N) is 2. The molecule has 1 heterocycles. The number of nitrogens with one attached hydrogen (secondary N) is 2. The zero-order valence-electron chi connectivity index (χ0n) is 18.1. The van der Waals surface area contributed by atoms with Gasteiger partial charge in [0, 0.05) is 18.2 Å². The summed E-state index contributed by atoms with van der Waals surface area (Å²) in [6, 6.07) is 15.6. The molecule has 0 saturated carbocycles. The number of carbonyl (C=O) groups excluding carboxylic acids is 2. The Morgan fingerprint density at radius 3 is 2.35 bits per heavy atom. The molecule has 0 aliphatic rings. The van der Waals surface area contributed by atoms with Gasteiger partial charge in [-0.3, -0.25) is 14.4 Å². The van der Waals surface area contributed by atoms with Gasteiger partial charge >= 0.3 is 0 Å². The van der Waals surface area contributed by atoms with Crippen LogP contribution in [0.3, 0.4) is 0 Å². The van der Waals surface area contributed by atoms with Crippen LogP contribution in [0.1, 0.15) is 37.4 Å². The fraction of sp³-hybridized carbons (Fsp3) is 0.250. The Hall–Kier alpha value is -3.74. The number of hydrogen-bond acceptors (Lipinski definition) is 4. The second kappa shape index (κ2) is 9.38. The van der Waals surface area contributed by atoms with Crippen molar-refractivity contribution in [3.05, 3.63) is 76.1 Å². The van der Waals surface area contributed by atoms with Gasteiger partial charge in [0.25, 0.3) is 5.56 Å². The zero-order valence-corrected chi connectivity index (χ0v) is 18.1. The molecular formula is C24H26N4O3. The van der Waals surface area contributed by atoms with E-state index >= 15 is 0 Å². The maximum Gasteiger partial charge on any atom is 0.291 e. The topological polar surface area (TPSA) is 93.1 Å². The van der Waals surface area contributed by atoms with E-state index in [9.17, 15) is 14.4 Å². The van der Waals surface area contributed by atoms with Crippen molar-refractivity contribution < 1.29 is 9.59 Å². The molecule has 160 valence electrons. The van der Waals surface area contributed by atoms with Crippen molar-refractivity contribution >= 4 is 23.2 Å². The van der Waals surface area contributed by atoms with Crippen molar-refractivity contribution in [2.75, 3.05) is 10.6 Å². The Kier molecular flexibility index (Phi) is 6.65. The van der Waals surface area contributed by atoms with Gasteiger partial charge in [0.05, 0.1) is 5.69 Å². The number of aromatic nitrogens is 2. The molecule has 2 aromatic carbocycles. The lowest BCUT2D eigenvalue weighted by Crippen LogP contribution is -2.36. The predicted molar refractivity (Wildman–Crippen MR) is 122 cm³/mol. The van der Waals surface area contributed by atoms with Gasteiger partial charge in [0.1, 0.15) is 11.7 Å². The highest BCUT2D eigenvalue weighted by Gasteiger charge is 2.24. The Labute approximate surface area is 181 Å². The molecule has 0 fully saturated rings. The molecule has 0 unspecified atom stereocenters. The third-order valence-electron chi connectivity index (χ3n) is 5.16. The highest BCUT2D eigenvalue weighted by molar-refractivity contribution is 5.94. The highest BCUT2D eigenvalue weighted by atomic mass is 16.2. The summed E-state index contributed by atoms with van der Waals surface area (Å²) in [5.74, 6) is -0.716. The summed E-state index contributed by atoms with van der Waals surface area (Å²) < 4.78 is 1.16. The quantitative estimate of drug-likeness (QED) is 0.631. The van der Waals surface area contributed by atoms with Crippen LogP contribution in [0.2, 0.25) is 0 Å². The number of amides is 2. The number of carbonyl (C=O) groups is 2. The van der Waals surface area contributed by atoms with Crippen LogP contribution in [0.25, 0.3) is 11.3 Å². The smallest absolute Gasteiger partial charge is 0.291 e. The average molecular weight is 418 g/mol. The minimum Gasteiger partial charge on any atom is -0.324 e. The summed E-state index contributed by atoms with van der Waals surface area (Å²) in [5, 5.41) is 9.96. The summed E-state index contributed by atoms with van der Waals surface area (Å²) in [6.45, 7) is 7.05. The van der Waals surface area contributed by atoms with Crippen molar-refractivity contribution in [1.82, 2.24) is 9.78 Å². The van der Waals surface area contributed by atoms with E-state index in [0.717, 1.165) is 21.4 Å². The van der Waals surface area contributed by atoms with E-state index < -0.39 is 11.6 Å². The average Bonchev–Trinajstić information content (AvgIpc) is 2.74. The van der Waals surface area contributed by atoms with E-state index in [2.05, 4.69) is 15.7 Å². The van der Waals surface area contributed by atoms with Crippen molar-refractivity contribution in [2.45, 2.75) is 40.2 Å². The van der Waals surface area contributed by atoms with Gasteiger partial charge in [-0.15, -0.1) is 0 Å². The fourth-order valence-electron chi connectivity index (χ4n) is 3.32. The van der Waals surface area contributed by atoms with E-state index in [0.29, 0.717) is 17.8 Å². The largest absolute Gasteiger partial charge is 0.324 e. The summed E-state index contributed by atoms with van der Waals surface area (Å²) in [6.07, 6.45) is 0.349. The van der Waals surface area contributed by atoms with E-state index in [1.54, 1.807) is 0 Å². The van der Waals surface area contributed by atoms with Gasteiger partial charge in [0.2, 0.25) is 11.8 Å². The van der Waals surface area contributed by atoms with Gasteiger partial charge in [0.15, 0.2) is 0 Å². The third kappa shape index (κ3) is 4.88. The van der Waals surface area contributed by atoms with Crippen LogP contribution in [-0.2, 0) is 9.59 Å². The Morgan fingerprint density at radius 2 is 1.71 bits per heavy atom. The van der Waals surface area contributed by atoms with E-state index in [1.807, 2.05) is 69.3 Å². The van der Waals surface area contributed by atoms with Crippen LogP contribution in [-0.4, -0.2) is 21.6 Å². The lowest BCUT2D eigenvalue weighted by molar-refractivity contribution is -0.119. The molecule has 2 amide bonds. The summed E-state index contributed by atoms with van der Waals surface area (Å²) >= 11 is 0. The molecule has 3 rings (SSSR count). The SMILES string of the molecule is CC[C@@H](C(=O)Nc1cccc(C)c1C)n1nc(-c2ccccc2)cc(NC(C)=O)c1=O. The number of benzene rings is 2. The third-order valence-corrected chi connectivity index (χ3v) is 5.16. The molecule has 2 N–H and O–H groups in total. The number of anilines is 2. The first kappa shape index (κ1) is 22.0. The lowest BCUT2D eigenvalue weighted by Gasteiger charge is -2.20. The van der Waals surface area contributed by atoms with Gasteiger partial charge in [-0.1, -0.05) is 49.4 Å². The molecule has 0 bridgehead atoms. The first-order valence-corrected chi connectivity index (χ1v) is 10.2. The van der Waals surface area contributed by atoms with Crippen LogP contribution in [0.4, 0.5) is 11.4 Å². The van der Waals surface area contributed by atoms with E-state index in [-0.39, 0.29) is 17.5 Å². The monoisotopic (exact) mass is 418 g/mol. The van der Waals surface area contributed by atoms with Crippen LogP contribution in [0.5, 0.6) is 0 Å². The minimum absolute atomic E-state index is 0.0827. The number of rotatable bonds is 6. The van der Waals surface area contributed by atoms with Crippen LogP contribution in [0, 0.1) is 13.8 Å². The molecule has 0 saturated heterocycles. The number of hydrogen-bond donors (Lipinski definition) is 2. The van der Waals surface area contributed by atoms with E-state index in [4.69, 9.17) is 0 Å². The molecular weight excluding hydrogens is 392 g/mol. The minimum atomic E-state index is -0.844. The number of aryl methyl sites for hydroxylation is 1. The highest BCUT2D eigenvalue weighted by Crippen LogP contribution is 2.22. The molecule has 1 aromatic heterocycles. The van der Waals surface area contributed by atoms with E-state index in [1.165, 1.54) is 13.0 Å². The molecule has 0 aliphatic carbocycles. The lowest BCUT2D eigenvalue weighted by atomic mass is 10.1. The summed E-state index contributed by atoms with van der Waals surface area (Å²) in [7, 11) is 0. The Morgan fingerprint density at radius 1 is 1.00 bits per heavy atom. The second-order valence-corrected chi connectivity index (χ2v) is 7.40. The second-order valence-electron chi connectivity index (χ2n) is 7.40. The molecule has 0 radical (unpaired) electrons. The van der Waals surface area contributed by atoms with Gasteiger partial charge in [-0.25, -0.2) is 4.68 Å². The van der Waals surface area contributed by atoms with Gasteiger partial charge in [-0.2, -0.15) is 5.10 Å². The molecule has 0 spiro atoms. The molecule has 0 aliphatic heterocycles. The van der Waals surface area contributed by atoms with Crippen LogP contribution >= 0.6 is 0 Å². The van der Waals surface area contributed by atoms with Crippen molar-refractivity contribution in [2.24, 2.45) is 0 Å². The Balaban J connectivity index is 2.07. The Bertz CT molecular complexity index is 1170. The van der Waals surface area contributed by atoms with Crippen molar-refractivity contribution in [1.29, 1.82) is 0 Å². The zero-order chi connectivity index (χ0) is 22.5. The maximum atomic E-state index is 13.1. The molecule has 3 aromatic rings. The van der Waals surface area contributed by atoms with Crippen molar-refractivity contribution in [3.63, 3.8) is 0 Å². The summed E-state index contributed by atoms with van der Waals surface area (Å²) in [5.41, 5.74) is 3.52. The van der Waals surface area contributed by atoms with Crippen LogP contribution in [0.15, 0.2) is 59.4 Å². The fourth-order valence-corrected chi connectivity index (χ4v) is 3.32. The summed E-state index contributed by atoms with van der Waals surface area (Å²) in [4.78, 5) is 37.9. The standard InChI is InChI=1S/C24H26N4O3/c1-5-22(23(30)26-19-13-9-10-15(2)16(19)3)28-24(31)21(25-17(4)29)14-20(27-28)18-11-7-6-8-12-18/h6-14,22H,5H2,1-4H3,(H,25,29)(H,26,30)/t22-/m0/s1. The maximum absolute atomic E-state index is 13.1. The van der Waals surface area contributed by atoms with Gasteiger partial charge < -0.3 is 10.6 Å². The normalized spacial score (nSPS) is 11.6. The molecule has 1 atom stereocenters. The van der Waals surface area contributed by atoms with Crippen LogP contribution < -0.4 is 16.2 Å². The molecule has 7 heteroatoms. The molecule has 7 nitrogen and oxygen atoms in total. The first-order chi connectivity index (χ1) is 14.8. The predicted octanol–water partition coefficient (Wildman–Crippen LogP) is 4.08. The first-order valence-electron chi connectivity index (χ1n) is 10.2. The molecule has 31 heavy (non-hydrogen) atoms.